The number of fused-ring (bicyclic) bond motifs is 1. The lowest BCUT2D eigenvalue weighted by Crippen LogP contribution is -2.26. The summed E-state index contributed by atoms with van der Waals surface area (Å²) >= 11 is 0. The van der Waals surface area contributed by atoms with Crippen molar-refractivity contribution in [3.05, 3.63) is 95.3 Å². The van der Waals surface area contributed by atoms with Crippen LogP contribution in [0.1, 0.15) is 5.56 Å². The minimum atomic E-state index is -0.101. The van der Waals surface area contributed by atoms with E-state index >= 15 is 0 Å². The molecule has 0 bridgehead atoms. The smallest absolute Gasteiger partial charge is 0.261 e. The molecule has 3 aromatic carbocycles. The van der Waals surface area contributed by atoms with E-state index < -0.39 is 0 Å². The van der Waals surface area contributed by atoms with Gasteiger partial charge in [0, 0.05) is 5.56 Å². The second-order valence-corrected chi connectivity index (χ2v) is 8.08. The largest absolute Gasteiger partial charge is 0.497 e. The van der Waals surface area contributed by atoms with Crippen LogP contribution in [-0.4, -0.2) is 43.6 Å². The highest BCUT2D eigenvalue weighted by atomic mass is 16.5. The van der Waals surface area contributed by atoms with Gasteiger partial charge in [-0.3, -0.25) is 9.36 Å². The highest BCUT2D eigenvalue weighted by Crippen LogP contribution is 2.28. The van der Waals surface area contributed by atoms with Crippen molar-refractivity contribution in [2.24, 2.45) is 0 Å². The summed E-state index contributed by atoms with van der Waals surface area (Å²) in [6, 6.07) is 20.7. The van der Waals surface area contributed by atoms with E-state index in [1.165, 1.54) is 0 Å². The highest BCUT2D eigenvalue weighted by Gasteiger charge is 2.13. The molecule has 0 radical (unpaired) electrons. The molecule has 7 nitrogen and oxygen atoms in total. The molecule has 0 saturated carbocycles. The first kappa shape index (κ1) is 25.0. The van der Waals surface area contributed by atoms with Gasteiger partial charge in [-0.05, 0) is 60.5 Å². The molecular formula is C29H30N2O5. The molecule has 4 rings (SSSR count). The van der Waals surface area contributed by atoms with Crippen LogP contribution in [0.2, 0.25) is 0 Å². The fourth-order valence-electron chi connectivity index (χ4n) is 3.93. The normalized spacial score (nSPS) is 10.8. The maximum absolute atomic E-state index is 13.3. The van der Waals surface area contributed by atoms with Crippen molar-refractivity contribution in [3.8, 4) is 28.6 Å². The maximum Gasteiger partial charge on any atom is 0.261 e. The van der Waals surface area contributed by atoms with Gasteiger partial charge < -0.3 is 18.9 Å². The predicted molar refractivity (Wildman–Crippen MR) is 141 cm³/mol. The average molecular weight is 487 g/mol. The minimum absolute atomic E-state index is 0.101. The molecule has 0 spiro atoms. The van der Waals surface area contributed by atoms with E-state index in [4.69, 9.17) is 23.9 Å². The molecule has 36 heavy (non-hydrogen) atoms. The van der Waals surface area contributed by atoms with Gasteiger partial charge in [0.05, 0.1) is 44.9 Å². The van der Waals surface area contributed by atoms with E-state index in [0.717, 1.165) is 23.3 Å². The number of hydrogen-bond acceptors (Lipinski definition) is 6. The van der Waals surface area contributed by atoms with Crippen LogP contribution >= 0.6 is 0 Å². The molecule has 7 heteroatoms. The van der Waals surface area contributed by atoms with Crippen molar-refractivity contribution in [1.29, 1.82) is 0 Å². The Kier molecular flexibility index (Phi) is 8.36. The van der Waals surface area contributed by atoms with Crippen LogP contribution in [0.25, 0.3) is 22.3 Å². The van der Waals surface area contributed by atoms with Gasteiger partial charge in [0.25, 0.3) is 5.56 Å². The number of allylic oxidation sites excluding steroid dienone is 1. The van der Waals surface area contributed by atoms with Crippen molar-refractivity contribution in [2.75, 3.05) is 34.0 Å². The Bertz CT molecular complexity index is 1380. The zero-order valence-corrected chi connectivity index (χ0v) is 20.6. The van der Waals surface area contributed by atoms with Gasteiger partial charge in [0.15, 0.2) is 11.5 Å². The lowest BCUT2D eigenvalue weighted by atomic mass is 10.1. The third kappa shape index (κ3) is 5.75. The molecule has 0 aliphatic carbocycles. The summed E-state index contributed by atoms with van der Waals surface area (Å²) in [7, 11) is 3.24. The Balaban J connectivity index is 1.42. The van der Waals surface area contributed by atoms with Gasteiger partial charge in [-0.2, -0.15) is 0 Å². The third-order valence-electron chi connectivity index (χ3n) is 5.76. The molecule has 1 heterocycles. The van der Waals surface area contributed by atoms with Gasteiger partial charge in [-0.15, -0.1) is 6.58 Å². The standard InChI is InChI=1S/C29H30N2O5/c1-4-7-21-10-15-26(27(20-21)34-3)36-19-18-35-17-16-31-28(22-11-13-23(33-2)14-12-22)30-25-9-6-5-8-24(25)29(31)32/h4-6,8-15,20H,1,7,16-19H2,2-3H3. The molecule has 1 aromatic heterocycles. The fourth-order valence-corrected chi connectivity index (χ4v) is 3.93. The number of benzene rings is 3. The first-order valence-electron chi connectivity index (χ1n) is 11.8. The summed E-state index contributed by atoms with van der Waals surface area (Å²) in [6.45, 7) is 5.18. The second kappa shape index (κ2) is 12.0. The number of rotatable bonds is 12. The molecule has 0 saturated heterocycles. The van der Waals surface area contributed by atoms with Gasteiger partial charge in [-0.1, -0.05) is 24.3 Å². The molecular weight excluding hydrogens is 456 g/mol. The van der Waals surface area contributed by atoms with Crippen LogP contribution in [0.4, 0.5) is 0 Å². The molecule has 0 aliphatic rings. The van der Waals surface area contributed by atoms with Crippen LogP contribution in [0.3, 0.4) is 0 Å². The van der Waals surface area contributed by atoms with Gasteiger partial charge in [0.2, 0.25) is 0 Å². The number of ether oxygens (including phenoxy) is 4. The van der Waals surface area contributed by atoms with Crippen LogP contribution in [0.15, 0.2) is 84.2 Å². The summed E-state index contributed by atoms with van der Waals surface area (Å²) in [6.07, 6.45) is 2.61. The fraction of sp³-hybridized carbons (Fsp3) is 0.241. The van der Waals surface area contributed by atoms with Crippen LogP contribution in [0, 0.1) is 0 Å². The number of nitrogens with zero attached hydrogens (tertiary/aromatic N) is 2. The van der Waals surface area contributed by atoms with Crippen molar-refractivity contribution < 1.29 is 18.9 Å². The molecule has 186 valence electrons. The summed E-state index contributed by atoms with van der Waals surface area (Å²) in [5.74, 6) is 2.66. The molecule has 4 aromatic rings. The molecule has 0 aliphatic heterocycles. The minimum Gasteiger partial charge on any atom is -0.497 e. The van der Waals surface area contributed by atoms with E-state index in [1.54, 1.807) is 24.9 Å². The Hall–Kier alpha value is -4.10. The van der Waals surface area contributed by atoms with Crippen molar-refractivity contribution in [3.63, 3.8) is 0 Å². The summed E-state index contributed by atoms with van der Waals surface area (Å²) in [5.41, 5.74) is 2.49. The van der Waals surface area contributed by atoms with Crippen LogP contribution in [-0.2, 0) is 17.7 Å². The van der Waals surface area contributed by atoms with Crippen molar-refractivity contribution in [2.45, 2.75) is 13.0 Å². The van der Waals surface area contributed by atoms with Crippen LogP contribution in [0.5, 0.6) is 17.2 Å². The zero-order valence-electron chi connectivity index (χ0n) is 20.6. The monoisotopic (exact) mass is 486 g/mol. The van der Waals surface area contributed by atoms with E-state index in [9.17, 15) is 4.79 Å². The summed E-state index contributed by atoms with van der Waals surface area (Å²) < 4.78 is 24.0. The first-order valence-corrected chi connectivity index (χ1v) is 11.8. The van der Waals surface area contributed by atoms with E-state index in [0.29, 0.717) is 54.6 Å². The van der Waals surface area contributed by atoms with Crippen LogP contribution < -0.4 is 19.8 Å². The maximum atomic E-state index is 13.3. The molecule has 0 N–H and O–H groups in total. The number of methoxy groups -OCH3 is 2. The highest BCUT2D eigenvalue weighted by molar-refractivity contribution is 5.79. The number of hydrogen-bond donors (Lipinski definition) is 0. The summed E-state index contributed by atoms with van der Waals surface area (Å²) in [5, 5.41) is 0.574. The Morgan fingerprint density at radius 2 is 1.72 bits per heavy atom. The molecule has 0 atom stereocenters. The molecule has 0 unspecified atom stereocenters. The summed E-state index contributed by atoms with van der Waals surface area (Å²) in [4.78, 5) is 18.1. The predicted octanol–water partition coefficient (Wildman–Crippen LogP) is 4.90. The van der Waals surface area contributed by atoms with Crippen molar-refractivity contribution in [1.82, 2.24) is 9.55 Å². The molecule has 0 amide bonds. The Morgan fingerprint density at radius 3 is 2.47 bits per heavy atom. The molecule has 0 fully saturated rings. The quantitative estimate of drug-likeness (QED) is 0.209. The SMILES string of the molecule is C=CCc1ccc(OCCOCCn2c(-c3ccc(OC)cc3)nc3ccccc3c2=O)c(OC)c1. The second-order valence-electron chi connectivity index (χ2n) is 8.08. The van der Waals surface area contributed by atoms with E-state index in [-0.39, 0.29) is 5.56 Å². The lowest BCUT2D eigenvalue weighted by Gasteiger charge is -2.15. The van der Waals surface area contributed by atoms with Gasteiger partial charge in [-0.25, -0.2) is 4.98 Å². The van der Waals surface area contributed by atoms with Gasteiger partial charge in [0.1, 0.15) is 18.2 Å². The van der Waals surface area contributed by atoms with E-state index in [2.05, 4.69) is 6.58 Å². The topological polar surface area (TPSA) is 71.8 Å². The lowest BCUT2D eigenvalue weighted by molar-refractivity contribution is 0.0931. The average Bonchev–Trinajstić information content (AvgIpc) is 2.92. The number of aromatic nitrogens is 2. The number of para-hydroxylation sites is 1. The van der Waals surface area contributed by atoms with Crippen molar-refractivity contribution >= 4 is 10.9 Å². The van der Waals surface area contributed by atoms with E-state index in [1.807, 2.05) is 66.7 Å². The first-order chi connectivity index (χ1) is 17.6. The zero-order chi connectivity index (χ0) is 25.3. The Morgan fingerprint density at radius 1 is 0.917 bits per heavy atom. The Labute approximate surface area is 210 Å². The van der Waals surface area contributed by atoms with Gasteiger partial charge >= 0.3 is 0 Å². The third-order valence-corrected chi connectivity index (χ3v) is 5.76.